The monoisotopic (exact) mass is 289 g/mol. The van der Waals surface area contributed by atoms with Crippen molar-refractivity contribution in [3.63, 3.8) is 0 Å². The molecule has 0 saturated heterocycles. The molecule has 2 atom stereocenters. The molecule has 1 aliphatic rings. The molecule has 1 saturated carbocycles. The van der Waals surface area contributed by atoms with Gasteiger partial charge in [-0.1, -0.05) is 0 Å². The third-order valence-corrected chi connectivity index (χ3v) is 4.65. The average Bonchev–Trinajstić information content (AvgIpc) is 3.01. The summed E-state index contributed by atoms with van der Waals surface area (Å²) in [4.78, 5) is 25.7. The van der Waals surface area contributed by atoms with Crippen LogP contribution in [0.1, 0.15) is 12.5 Å². The average molecular weight is 289 g/mol. The zero-order chi connectivity index (χ0) is 16.0. The van der Waals surface area contributed by atoms with Crippen LogP contribution in [-0.2, 0) is 10.3 Å². The Hall–Kier alpha value is -2.01. The van der Waals surface area contributed by atoms with Crippen LogP contribution in [0, 0.1) is 10.1 Å². The van der Waals surface area contributed by atoms with E-state index in [-0.39, 0.29) is 5.69 Å². The number of rotatable bonds is 4. The van der Waals surface area contributed by atoms with Gasteiger partial charge in [-0.25, -0.2) is 4.79 Å². The normalized spacial score (nSPS) is 27.9. The molecule has 1 aromatic carbocycles. The van der Waals surface area contributed by atoms with Gasteiger partial charge in [-0.15, -0.1) is 0 Å². The minimum atomic E-state index is -0.604. The number of benzene rings is 1. The summed E-state index contributed by atoms with van der Waals surface area (Å²) in [6, 6.07) is 6.36. The molecule has 6 nitrogen and oxygen atoms in total. The lowest BCUT2D eigenvalue weighted by molar-refractivity contribution is -0.384. The highest BCUT2D eigenvalue weighted by Crippen LogP contribution is 2.64. The molecule has 6 heteroatoms. The van der Waals surface area contributed by atoms with Crippen LogP contribution < -0.4 is 0 Å². The van der Waals surface area contributed by atoms with Crippen molar-refractivity contribution in [3.8, 4) is 0 Å². The third kappa shape index (κ3) is 1.77. The molecule has 0 radical (unpaired) electrons. The van der Waals surface area contributed by atoms with Crippen molar-refractivity contribution in [2.45, 2.75) is 18.0 Å². The zero-order valence-electron chi connectivity index (χ0n) is 12.9. The van der Waals surface area contributed by atoms with Crippen LogP contribution in [0.2, 0.25) is 0 Å². The van der Waals surface area contributed by atoms with E-state index >= 15 is 0 Å². The number of carbonyl (C=O) groups excluding carboxylic acids is 1. The molecule has 0 aliphatic heterocycles. The molecule has 21 heavy (non-hydrogen) atoms. The van der Waals surface area contributed by atoms with Crippen LogP contribution in [0.25, 0.3) is 0 Å². The first kappa shape index (κ1) is 15.4. The van der Waals surface area contributed by atoms with E-state index in [1.54, 1.807) is 12.1 Å². The Morgan fingerprint density at radius 3 is 1.90 bits per heavy atom. The maximum Gasteiger partial charge on any atom is 0.269 e. The molecule has 0 amide bonds. The second kappa shape index (κ2) is 4.77. The molecule has 1 fully saturated rings. The van der Waals surface area contributed by atoms with E-state index < -0.39 is 16.0 Å². The Morgan fingerprint density at radius 2 is 1.62 bits per heavy atom. The van der Waals surface area contributed by atoms with Gasteiger partial charge in [0, 0.05) is 12.1 Å². The molecule has 0 N–H and O–H groups in total. The number of non-ortho nitro benzene ring substituents is 1. The van der Waals surface area contributed by atoms with Gasteiger partial charge < -0.3 is 0 Å². The van der Waals surface area contributed by atoms with Crippen LogP contribution >= 0.6 is 0 Å². The fraction of sp³-hybridized carbons (Fsp3) is 0.467. The van der Waals surface area contributed by atoms with Gasteiger partial charge in [0.15, 0.2) is 0 Å². The van der Waals surface area contributed by atoms with Crippen molar-refractivity contribution in [1.82, 2.24) is 9.80 Å². The van der Waals surface area contributed by atoms with E-state index in [1.165, 1.54) is 12.1 Å². The lowest BCUT2D eigenvalue weighted by atomic mass is 9.97. The van der Waals surface area contributed by atoms with Crippen LogP contribution in [-0.4, -0.2) is 54.4 Å². The Labute approximate surface area is 123 Å². The quantitative estimate of drug-likeness (QED) is 0.477. The predicted molar refractivity (Wildman–Crippen MR) is 79.8 cm³/mol. The van der Waals surface area contributed by atoms with Crippen LogP contribution in [0.3, 0.4) is 0 Å². The molecule has 1 aliphatic carbocycles. The summed E-state index contributed by atoms with van der Waals surface area (Å²) in [5.41, 5.74) is 0.449. The predicted octanol–water partition coefficient (Wildman–Crippen LogP) is 1.44. The standard InChI is InChI=1S/C15H19N3O3/c1-14(16(2)3)13(10-19)15(14,17(4)5)11-6-8-12(9-7-11)18(20)21/h6-9H,1-5H3. The van der Waals surface area contributed by atoms with Crippen molar-refractivity contribution in [1.29, 1.82) is 0 Å². The minimum absolute atomic E-state index is 0.0384. The van der Waals surface area contributed by atoms with E-state index in [0.717, 1.165) is 5.56 Å². The zero-order valence-corrected chi connectivity index (χ0v) is 12.9. The summed E-state index contributed by atoms with van der Waals surface area (Å²) in [5, 5.41) is 10.8. The van der Waals surface area contributed by atoms with Crippen molar-refractivity contribution >= 4 is 11.6 Å². The van der Waals surface area contributed by atoms with Crippen molar-refractivity contribution in [2.75, 3.05) is 28.2 Å². The Kier molecular flexibility index (Phi) is 3.49. The molecule has 0 heterocycles. The lowest BCUT2D eigenvalue weighted by Crippen LogP contribution is -2.43. The summed E-state index contributed by atoms with van der Waals surface area (Å²) in [6.45, 7) is 1.98. The smallest absolute Gasteiger partial charge is 0.269 e. The highest BCUT2D eigenvalue weighted by atomic mass is 16.6. The van der Waals surface area contributed by atoms with Crippen molar-refractivity contribution in [2.24, 2.45) is 0 Å². The molecule has 0 aromatic heterocycles. The van der Waals surface area contributed by atoms with E-state index in [1.807, 2.05) is 44.9 Å². The number of hydrogen-bond acceptors (Lipinski definition) is 5. The van der Waals surface area contributed by atoms with E-state index in [4.69, 9.17) is 0 Å². The van der Waals surface area contributed by atoms with Crippen LogP contribution in [0.15, 0.2) is 29.8 Å². The summed E-state index contributed by atoms with van der Waals surface area (Å²) in [7, 11) is 7.61. The van der Waals surface area contributed by atoms with Crippen LogP contribution in [0.5, 0.6) is 0 Å². The number of nitro benzene ring substituents is 1. The van der Waals surface area contributed by atoms with E-state index in [0.29, 0.717) is 5.57 Å². The Morgan fingerprint density at radius 1 is 1.10 bits per heavy atom. The van der Waals surface area contributed by atoms with Gasteiger partial charge in [0.2, 0.25) is 0 Å². The molecule has 2 rings (SSSR count). The fourth-order valence-electron chi connectivity index (χ4n) is 3.39. The first-order valence-corrected chi connectivity index (χ1v) is 6.60. The van der Waals surface area contributed by atoms with Gasteiger partial charge in [-0.05, 0) is 52.8 Å². The molecule has 0 spiro atoms. The van der Waals surface area contributed by atoms with Gasteiger partial charge in [0.25, 0.3) is 5.69 Å². The molecule has 0 bridgehead atoms. The molecule has 2 unspecified atom stereocenters. The first-order chi connectivity index (χ1) is 9.74. The van der Waals surface area contributed by atoms with Gasteiger partial charge in [0.1, 0.15) is 11.5 Å². The number of likely N-dealkylation sites (N-methyl/N-ethyl adjacent to an activating group) is 2. The van der Waals surface area contributed by atoms with Gasteiger partial charge >= 0.3 is 0 Å². The highest BCUT2D eigenvalue weighted by Gasteiger charge is 2.75. The minimum Gasteiger partial charge on any atom is -0.297 e. The van der Waals surface area contributed by atoms with Gasteiger partial charge in [0.05, 0.1) is 16.0 Å². The molecular formula is C15H19N3O3. The summed E-state index contributed by atoms with van der Waals surface area (Å²) in [5.74, 6) is 2.07. The SMILES string of the molecule is CN(C)C1(C)C(=C=O)C1(c1ccc([N+](=O)[O-])cc1)N(C)C. The number of hydrogen-bond donors (Lipinski definition) is 0. The van der Waals surface area contributed by atoms with E-state index in [9.17, 15) is 14.9 Å². The number of nitro groups is 1. The van der Waals surface area contributed by atoms with E-state index in [2.05, 4.69) is 5.94 Å². The maximum absolute atomic E-state index is 11.4. The summed E-state index contributed by atoms with van der Waals surface area (Å²) < 4.78 is 0. The second-order valence-electron chi connectivity index (χ2n) is 5.85. The third-order valence-electron chi connectivity index (χ3n) is 4.65. The summed E-state index contributed by atoms with van der Waals surface area (Å²) >= 11 is 0. The van der Waals surface area contributed by atoms with Crippen molar-refractivity contribution < 1.29 is 9.72 Å². The topological polar surface area (TPSA) is 66.7 Å². The fourth-order valence-corrected chi connectivity index (χ4v) is 3.39. The van der Waals surface area contributed by atoms with Gasteiger partial charge in [-0.2, -0.15) is 0 Å². The number of nitrogens with zero attached hydrogens (tertiary/aromatic N) is 3. The molecule has 1 aromatic rings. The maximum atomic E-state index is 11.4. The molecular weight excluding hydrogens is 270 g/mol. The highest BCUT2D eigenvalue weighted by molar-refractivity contribution is 5.77. The van der Waals surface area contributed by atoms with Crippen molar-refractivity contribution in [3.05, 3.63) is 45.5 Å². The van der Waals surface area contributed by atoms with Gasteiger partial charge in [-0.3, -0.25) is 19.9 Å². The lowest BCUT2D eigenvalue weighted by Gasteiger charge is -2.32. The van der Waals surface area contributed by atoms with Crippen LogP contribution in [0.4, 0.5) is 5.69 Å². The first-order valence-electron chi connectivity index (χ1n) is 6.60. The Balaban J connectivity index is 2.61. The summed E-state index contributed by atoms with van der Waals surface area (Å²) in [6.07, 6.45) is 0. The second-order valence-corrected chi connectivity index (χ2v) is 5.85. The largest absolute Gasteiger partial charge is 0.297 e. The molecule has 112 valence electrons. The Bertz CT molecular complexity index is 632.